The highest BCUT2D eigenvalue weighted by atomic mass is 32.1. The van der Waals surface area contributed by atoms with Crippen molar-refractivity contribution in [2.45, 2.75) is 26.2 Å². The van der Waals surface area contributed by atoms with E-state index in [1.807, 2.05) is 0 Å². The van der Waals surface area contributed by atoms with Gasteiger partial charge in [-0.25, -0.2) is 0 Å². The molecule has 68 valence electrons. The van der Waals surface area contributed by atoms with Gasteiger partial charge in [-0.3, -0.25) is 0 Å². The summed E-state index contributed by atoms with van der Waals surface area (Å²) >= 11 is 1.79. The fourth-order valence-electron chi connectivity index (χ4n) is 1.19. The molecule has 1 nitrogen and oxygen atoms in total. The molecule has 1 aromatic rings. The van der Waals surface area contributed by atoms with Gasteiger partial charge in [-0.15, -0.1) is 0 Å². The van der Waals surface area contributed by atoms with Crippen molar-refractivity contribution < 1.29 is 0 Å². The Morgan fingerprint density at radius 3 is 3.00 bits per heavy atom. The molecule has 12 heavy (non-hydrogen) atoms. The summed E-state index contributed by atoms with van der Waals surface area (Å²) < 4.78 is 0. The summed E-state index contributed by atoms with van der Waals surface area (Å²) in [6.45, 7) is 4.41. The second-order valence-electron chi connectivity index (χ2n) is 2.94. The van der Waals surface area contributed by atoms with E-state index in [0.717, 1.165) is 6.54 Å². The average Bonchev–Trinajstić information content (AvgIpc) is 2.57. The van der Waals surface area contributed by atoms with Crippen LogP contribution in [0.15, 0.2) is 16.8 Å². The van der Waals surface area contributed by atoms with Crippen molar-refractivity contribution in [3.8, 4) is 0 Å². The highest BCUT2D eigenvalue weighted by Gasteiger charge is 1.92. The first kappa shape index (κ1) is 9.75. The molecule has 1 heterocycles. The Balaban J connectivity index is 1.96. The van der Waals surface area contributed by atoms with Crippen molar-refractivity contribution in [2.24, 2.45) is 0 Å². The smallest absolute Gasteiger partial charge is 0.00489 e. The first-order chi connectivity index (χ1) is 5.93. The molecule has 0 atom stereocenters. The van der Waals surface area contributed by atoms with Gasteiger partial charge in [-0.05, 0) is 54.7 Å². The van der Waals surface area contributed by atoms with Crippen molar-refractivity contribution in [2.75, 3.05) is 13.1 Å². The lowest BCUT2D eigenvalue weighted by Gasteiger charge is -1.99. The molecule has 0 amide bonds. The standard InChI is InChI=1S/C10H17NS/c1-2-11-7-4-3-5-10-6-8-12-9-10/h6,8-9,11H,2-5,7H2,1H3. The summed E-state index contributed by atoms with van der Waals surface area (Å²) in [7, 11) is 0. The minimum atomic E-state index is 1.10. The molecule has 0 saturated carbocycles. The van der Waals surface area contributed by atoms with Gasteiger partial charge in [0.2, 0.25) is 0 Å². The van der Waals surface area contributed by atoms with Gasteiger partial charge < -0.3 is 5.32 Å². The quantitative estimate of drug-likeness (QED) is 0.669. The van der Waals surface area contributed by atoms with E-state index in [4.69, 9.17) is 0 Å². The van der Waals surface area contributed by atoms with Crippen LogP contribution in [0.3, 0.4) is 0 Å². The normalized spacial score (nSPS) is 10.4. The second-order valence-corrected chi connectivity index (χ2v) is 3.72. The average molecular weight is 183 g/mol. The summed E-state index contributed by atoms with van der Waals surface area (Å²) in [5.41, 5.74) is 1.50. The third-order valence-electron chi connectivity index (χ3n) is 1.90. The van der Waals surface area contributed by atoms with Crippen LogP contribution in [0.1, 0.15) is 25.3 Å². The molecule has 0 aliphatic carbocycles. The number of rotatable bonds is 6. The lowest BCUT2D eigenvalue weighted by atomic mass is 10.1. The zero-order chi connectivity index (χ0) is 8.65. The Bertz CT molecular complexity index is 182. The first-order valence-electron chi connectivity index (χ1n) is 4.65. The molecule has 0 saturated heterocycles. The van der Waals surface area contributed by atoms with Crippen LogP contribution in [-0.2, 0) is 6.42 Å². The van der Waals surface area contributed by atoms with Gasteiger partial charge in [0.05, 0.1) is 0 Å². The number of hydrogen-bond acceptors (Lipinski definition) is 2. The van der Waals surface area contributed by atoms with E-state index in [1.54, 1.807) is 11.3 Å². The summed E-state index contributed by atoms with van der Waals surface area (Å²) in [5, 5.41) is 7.73. The van der Waals surface area contributed by atoms with Gasteiger partial charge in [0.15, 0.2) is 0 Å². The Morgan fingerprint density at radius 1 is 1.42 bits per heavy atom. The summed E-state index contributed by atoms with van der Waals surface area (Å²) in [6, 6.07) is 2.22. The lowest BCUT2D eigenvalue weighted by Crippen LogP contribution is -2.13. The van der Waals surface area contributed by atoms with Crippen molar-refractivity contribution >= 4 is 11.3 Å². The van der Waals surface area contributed by atoms with Crippen LogP contribution in [0.25, 0.3) is 0 Å². The maximum Gasteiger partial charge on any atom is -0.00489 e. The number of unbranched alkanes of at least 4 members (excludes halogenated alkanes) is 1. The van der Waals surface area contributed by atoms with Crippen LogP contribution in [-0.4, -0.2) is 13.1 Å². The fourth-order valence-corrected chi connectivity index (χ4v) is 1.89. The molecule has 0 unspecified atom stereocenters. The Labute approximate surface area is 78.8 Å². The third-order valence-corrected chi connectivity index (χ3v) is 2.63. The predicted octanol–water partition coefficient (Wildman–Crippen LogP) is 2.68. The van der Waals surface area contributed by atoms with Gasteiger partial charge >= 0.3 is 0 Å². The zero-order valence-electron chi connectivity index (χ0n) is 7.68. The first-order valence-corrected chi connectivity index (χ1v) is 5.59. The van der Waals surface area contributed by atoms with E-state index in [2.05, 4.69) is 29.1 Å². The van der Waals surface area contributed by atoms with E-state index >= 15 is 0 Å². The maximum atomic E-state index is 3.33. The van der Waals surface area contributed by atoms with Crippen molar-refractivity contribution in [3.05, 3.63) is 22.4 Å². The number of thiophene rings is 1. The van der Waals surface area contributed by atoms with Gasteiger partial charge in [0.1, 0.15) is 0 Å². The topological polar surface area (TPSA) is 12.0 Å². The van der Waals surface area contributed by atoms with Crippen LogP contribution in [0.2, 0.25) is 0 Å². The predicted molar refractivity (Wildman–Crippen MR) is 55.8 cm³/mol. The van der Waals surface area contributed by atoms with E-state index in [1.165, 1.54) is 31.4 Å². The SMILES string of the molecule is CCNCCCCc1ccsc1. The number of aryl methyl sites for hydroxylation is 1. The Morgan fingerprint density at radius 2 is 2.33 bits per heavy atom. The van der Waals surface area contributed by atoms with Crippen LogP contribution >= 0.6 is 11.3 Å². The molecule has 1 N–H and O–H groups in total. The largest absolute Gasteiger partial charge is 0.317 e. The maximum absolute atomic E-state index is 3.33. The van der Waals surface area contributed by atoms with Gasteiger partial charge in [-0.2, -0.15) is 11.3 Å². The van der Waals surface area contributed by atoms with Gasteiger partial charge in [0.25, 0.3) is 0 Å². The minimum Gasteiger partial charge on any atom is -0.317 e. The summed E-state index contributed by atoms with van der Waals surface area (Å²) in [5.74, 6) is 0. The molecule has 0 fully saturated rings. The van der Waals surface area contributed by atoms with Crippen molar-refractivity contribution in [3.63, 3.8) is 0 Å². The minimum absolute atomic E-state index is 1.10. The molecule has 0 bridgehead atoms. The molecule has 0 aliphatic heterocycles. The zero-order valence-corrected chi connectivity index (χ0v) is 8.49. The molecule has 0 radical (unpaired) electrons. The third kappa shape index (κ3) is 3.88. The fraction of sp³-hybridized carbons (Fsp3) is 0.600. The molecule has 0 aliphatic rings. The monoisotopic (exact) mass is 183 g/mol. The molecular weight excluding hydrogens is 166 g/mol. The van der Waals surface area contributed by atoms with Crippen LogP contribution in [0, 0.1) is 0 Å². The Hall–Kier alpha value is -0.340. The van der Waals surface area contributed by atoms with Crippen LogP contribution in [0.5, 0.6) is 0 Å². The summed E-state index contributed by atoms with van der Waals surface area (Å²) in [4.78, 5) is 0. The molecule has 0 aromatic carbocycles. The molecular formula is C10H17NS. The lowest BCUT2D eigenvalue weighted by molar-refractivity contribution is 0.641. The van der Waals surface area contributed by atoms with E-state index in [-0.39, 0.29) is 0 Å². The molecule has 1 rings (SSSR count). The van der Waals surface area contributed by atoms with Crippen LogP contribution < -0.4 is 5.32 Å². The second kappa shape index (κ2) is 6.21. The van der Waals surface area contributed by atoms with E-state index in [0.29, 0.717) is 0 Å². The van der Waals surface area contributed by atoms with Crippen molar-refractivity contribution in [1.82, 2.24) is 5.32 Å². The highest BCUT2D eigenvalue weighted by molar-refractivity contribution is 7.07. The molecule has 2 heteroatoms. The molecule has 1 aromatic heterocycles. The number of hydrogen-bond donors (Lipinski definition) is 1. The van der Waals surface area contributed by atoms with E-state index < -0.39 is 0 Å². The van der Waals surface area contributed by atoms with E-state index in [9.17, 15) is 0 Å². The van der Waals surface area contributed by atoms with Crippen LogP contribution in [0.4, 0.5) is 0 Å². The van der Waals surface area contributed by atoms with Crippen molar-refractivity contribution in [1.29, 1.82) is 0 Å². The molecule has 0 spiro atoms. The number of nitrogens with one attached hydrogen (secondary N) is 1. The highest BCUT2D eigenvalue weighted by Crippen LogP contribution is 2.08. The summed E-state index contributed by atoms with van der Waals surface area (Å²) in [6.07, 6.45) is 3.85. The van der Waals surface area contributed by atoms with Gasteiger partial charge in [-0.1, -0.05) is 6.92 Å². The Kier molecular flexibility index (Phi) is 5.04. The van der Waals surface area contributed by atoms with Gasteiger partial charge in [0, 0.05) is 0 Å².